The number of Topliss-reactive ketones (excluding diaryl/α,β-unsaturated/α-hetero) is 2. The molecule has 0 rings (SSSR count). The van der Waals surface area contributed by atoms with E-state index in [2.05, 4.69) is 0 Å². The fourth-order valence-electron chi connectivity index (χ4n) is 0.683. The van der Waals surface area contributed by atoms with Crippen molar-refractivity contribution in [2.75, 3.05) is 0 Å². The predicted octanol–water partition coefficient (Wildman–Crippen LogP) is 2.51. The number of hydrogen-bond acceptors (Lipinski definition) is 2. The minimum atomic E-state index is -4.60. The zero-order valence-electron chi connectivity index (χ0n) is 8.36. The molecular weight excluding hydrogens is 197 g/mol. The van der Waals surface area contributed by atoms with Gasteiger partial charge in [0.1, 0.15) is 11.2 Å². The van der Waals surface area contributed by atoms with Crippen molar-refractivity contribution in [3.05, 3.63) is 0 Å². The van der Waals surface area contributed by atoms with Gasteiger partial charge in [-0.15, -0.1) is 0 Å². The Morgan fingerprint density at radius 1 is 1.14 bits per heavy atom. The number of carbonyl (C=O) groups is 2. The summed E-state index contributed by atoms with van der Waals surface area (Å²) in [5.41, 5.74) is -2.43. The lowest BCUT2D eigenvalue weighted by Gasteiger charge is -2.25. The largest absolute Gasteiger partial charge is 0.400 e. The molecule has 0 saturated heterocycles. The van der Waals surface area contributed by atoms with E-state index in [4.69, 9.17) is 0 Å². The van der Waals surface area contributed by atoms with E-state index in [1.54, 1.807) is 0 Å². The lowest BCUT2D eigenvalue weighted by atomic mass is 9.84. The van der Waals surface area contributed by atoms with Gasteiger partial charge in [-0.1, -0.05) is 6.92 Å². The molecule has 0 amide bonds. The van der Waals surface area contributed by atoms with Crippen LogP contribution in [0, 0.1) is 5.41 Å². The van der Waals surface area contributed by atoms with E-state index < -0.39 is 29.6 Å². The second-order valence-corrected chi connectivity index (χ2v) is 3.61. The van der Waals surface area contributed by atoms with E-state index >= 15 is 0 Å². The van der Waals surface area contributed by atoms with E-state index in [1.807, 2.05) is 0 Å². The summed E-state index contributed by atoms with van der Waals surface area (Å²) < 4.78 is 36.9. The highest BCUT2D eigenvalue weighted by Gasteiger charge is 2.52. The van der Waals surface area contributed by atoms with Crippen LogP contribution in [-0.2, 0) is 9.59 Å². The van der Waals surface area contributed by atoms with Gasteiger partial charge in [0.15, 0.2) is 5.78 Å². The molecule has 0 aliphatic rings. The maximum atomic E-state index is 12.3. The normalized spacial score (nSPS) is 12.7. The molecule has 0 N–H and O–H groups in total. The van der Waals surface area contributed by atoms with Crippen LogP contribution in [0.2, 0.25) is 0 Å². The molecule has 14 heavy (non-hydrogen) atoms. The van der Waals surface area contributed by atoms with E-state index in [-0.39, 0.29) is 6.42 Å². The summed E-state index contributed by atoms with van der Waals surface area (Å²) >= 11 is 0. The Morgan fingerprint density at radius 3 is 1.86 bits per heavy atom. The molecule has 0 radical (unpaired) electrons. The molecule has 0 unspecified atom stereocenters. The van der Waals surface area contributed by atoms with Crippen LogP contribution >= 0.6 is 0 Å². The molecule has 0 atom stereocenters. The van der Waals surface area contributed by atoms with Gasteiger partial charge in [-0.3, -0.25) is 9.59 Å². The van der Waals surface area contributed by atoms with Crippen LogP contribution in [0.3, 0.4) is 0 Å². The summed E-state index contributed by atoms with van der Waals surface area (Å²) in [5.74, 6) is -1.54. The third-order valence-electron chi connectivity index (χ3n) is 2.16. The summed E-state index contributed by atoms with van der Waals surface area (Å²) in [7, 11) is 0. The number of rotatable bonds is 4. The third-order valence-corrected chi connectivity index (χ3v) is 2.16. The van der Waals surface area contributed by atoms with E-state index in [0.29, 0.717) is 0 Å². The zero-order chi connectivity index (χ0) is 11.6. The summed E-state index contributed by atoms with van der Waals surface area (Å²) in [5, 5.41) is 0. The van der Waals surface area contributed by atoms with Crippen molar-refractivity contribution in [2.24, 2.45) is 5.41 Å². The third kappa shape index (κ3) is 2.82. The van der Waals surface area contributed by atoms with Gasteiger partial charge in [-0.2, -0.15) is 13.2 Å². The Balaban J connectivity index is 4.61. The first-order chi connectivity index (χ1) is 6.13. The molecule has 0 spiro atoms. The molecule has 0 aromatic heterocycles. The smallest absolute Gasteiger partial charge is 0.299 e. The average molecular weight is 210 g/mol. The Hall–Kier alpha value is -0.870. The fraction of sp³-hybridized carbons (Fsp3) is 0.778. The van der Waals surface area contributed by atoms with Crippen molar-refractivity contribution in [1.82, 2.24) is 0 Å². The highest BCUT2D eigenvalue weighted by atomic mass is 19.4. The average Bonchev–Trinajstić information content (AvgIpc) is 2.01. The van der Waals surface area contributed by atoms with Gasteiger partial charge in [0.2, 0.25) is 0 Å². The quantitative estimate of drug-likeness (QED) is 0.668. The second-order valence-electron chi connectivity index (χ2n) is 3.61. The molecule has 0 bridgehead atoms. The van der Waals surface area contributed by atoms with Crippen LogP contribution in [0.25, 0.3) is 0 Å². The lowest BCUT2D eigenvalue weighted by Crippen LogP contribution is -2.40. The van der Waals surface area contributed by atoms with Gasteiger partial charge in [0, 0.05) is 6.42 Å². The van der Waals surface area contributed by atoms with E-state index in [9.17, 15) is 22.8 Å². The van der Waals surface area contributed by atoms with Crippen LogP contribution in [0.4, 0.5) is 13.2 Å². The van der Waals surface area contributed by atoms with E-state index in [1.165, 1.54) is 6.92 Å². The second kappa shape index (κ2) is 4.11. The molecular formula is C9H13F3O2. The number of halogens is 3. The molecule has 0 heterocycles. The van der Waals surface area contributed by atoms with Gasteiger partial charge in [-0.25, -0.2) is 0 Å². The van der Waals surface area contributed by atoms with Crippen molar-refractivity contribution in [2.45, 2.75) is 39.8 Å². The molecule has 0 aromatic carbocycles. The van der Waals surface area contributed by atoms with Crippen molar-refractivity contribution in [3.63, 3.8) is 0 Å². The summed E-state index contributed by atoms with van der Waals surface area (Å²) in [6.45, 7) is 3.09. The van der Waals surface area contributed by atoms with Crippen LogP contribution < -0.4 is 0 Å². The van der Waals surface area contributed by atoms with Crippen molar-refractivity contribution in [3.8, 4) is 0 Å². The van der Waals surface area contributed by atoms with Crippen molar-refractivity contribution < 1.29 is 22.8 Å². The minimum absolute atomic E-state index is 0.0830. The standard InChI is InChI=1S/C9H13F3O2/c1-4-6(13)5-7(14)8(2,3)9(10,11)12/h4-5H2,1-3H3. The topological polar surface area (TPSA) is 34.1 Å². The highest BCUT2D eigenvalue weighted by molar-refractivity contribution is 6.01. The number of ketones is 2. The lowest BCUT2D eigenvalue weighted by molar-refractivity contribution is -0.210. The van der Waals surface area contributed by atoms with Crippen molar-refractivity contribution in [1.29, 1.82) is 0 Å². The first-order valence-corrected chi connectivity index (χ1v) is 4.24. The molecule has 0 aliphatic heterocycles. The SMILES string of the molecule is CCC(=O)CC(=O)C(C)(C)C(F)(F)F. The molecule has 0 aromatic rings. The molecule has 2 nitrogen and oxygen atoms in total. The Morgan fingerprint density at radius 2 is 1.57 bits per heavy atom. The van der Waals surface area contributed by atoms with Gasteiger partial charge in [0.05, 0.1) is 6.42 Å². The molecule has 82 valence electrons. The molecule has 0 aliphatic carbocycles. The number of carbonyl (C=O) groups excluding carboxylic acids is 2. The van der Waals surface area contributed by atoms with E-state index in [0.717, 1.165) is 13.8 Å². The molecule has 0 fully saturated rings. The van der Waals surface area contributed by atoms with Crippen molar-refractivity contribution >= 4 is 11.6 Å². The maximum Gasteiger partial charge on any atom is 0.400 e. The Kier molecular flexibility index (Phi) is 3.85. The van der Waals surface area contributed by atoms with Crippen LogP contribution in [0.1, 0.15) is 33.6 Å². The summed E-state index contributed by atoms with van der Waals surface area (Å²) in [6.07, 6.45) is -5.15. The van der Waals surface area contributed by atoms with Gasteiger partial charge in [0.25, 0.3) is 0 Å². The first-order valence-electron chi connectivity index (χ1n) is 4.24. The minimum Gasteiger partial charge on any atom is -0.299 e. The predicted molar refractivity (Wildman–Crippen MR) is 44.8 cm³/mol. The Bertz CT molecular complexity index is 241. The summed E-state index contributed by atoms with van der Waals surface area (Å²) in [6, 6.07) is 0. The first kappa shape index (κ1) is 13.1. The molecule has 0 saturated carbocycles. The fourth-order valence-corrected chi connectivity index (χ4v) is 0.683. The number of hydrogen-bond donors (Lipinski definition) is 0. The van der Waals surface area contributed by atoms with Crippen LogP contribution in [0.5, 0.6) is 0 Å². The van der Waals surface area contributed by atoms with Gasteiger partial charge < -0.3 is 0 Å². The monoisotopic (exact) mass is 210 g/mol. The van der Waals surface area contributed by atoms with Gasteiger partial charge >= 0.3 is 6.18 Å². The summed E-state index contributed by atoms with van der Waals surface area (Å²) in [4.78, 5) is 21.9. The molecule has 5 heteroatoms. The number of alkyl halides is 3. The van der Waals surface area contributed by atoms with Crippen LogP contribution in [-0.4, -0.2) is 17.7 Å². The van der Waals surface area contributed by atoms with Gasteiger partial charge in [-0.05, 0) is 13.8 Å². The zero-order valence-corrected chi connectivity index (χ0v) is 8.36. The maximum absolute atomic E-state index is 12.3. The highest BCUT2D eigenvalue weighted by Crippen LogP contribution is 2.38. The Labute approximate surface area is 80.5 Å². The van der Waals surface area contributed by atoms with Crippen LogP contribution in [0.15, 0.2) is 0 Å².